The molecule has 3 N–H and O–H groups in total. The zero-order chi connectivity index (χ0) is 14.5. The summed E-state index contributed by atoms with van der Waals surface area (Å²) in [6.07, 6.45) is 2.00. The molecule has 0 radical (unpaired) electrons. The van der Waals surface area contributed by atoms with Crippen molar-refractivity contribution in [3.63, 3.8) is 0 Å². The molecule has 0 unspecified atom stereocenters. The molecule has 1 aliphatic heterocycles. The Morgan fingerprint density at radius 3 is 2.80 bits per heavy atom. The van der Waals surface area contributed by atoms with Crippen LogP contribution < -0.4 is 11.3 Å². The van der Waals surface area contributed by atoms with E-state index in [4.69, 9.17) is 10.6 Å². The molecule has 110 valence electrons. The smallest absolute Gasteiger partial charge is 0.293 e. The van der Waals surface area contributed by atoms with Gasteiger partial charge in [-0.25, -0.2) is 0 Å². The van der Waals surface area contributed by atoms with Crippen LogP contribution in [0.1, 0.15) is 18.4 Å². The maximum absolute atomic E-state index is 11.0. The normalized spacial score (nSPS) is 16.4. The van der Waals surface area contributed by atoms with E-state index in [1.807, 2.05) is 13.1 Å². The number of hydrogen-bond acceptors (Lipinski definition) is 6. The number of nitrogens with one attached hydrogen (secondary N) is 1. The first kappa shape index (κ1) is 14.7. The summed E-state index contributed by atoms with van der Waals surface area (Å²) in [5, 5.41) is 11.0. The molecule has 2 rings (SSSR count). The molecule has 1 aromatic rings. The second kappa shape index (κ2) is 6.65. The number of nitro groups is 1. The van der Waals surface area contributed by atoms with Gasteiger partial charge in [0.2, 0.25) is 0 Å². The van der Waals surface area contributed by atoms with Gasteiger partial charge in [0, 0.05) is 31.9 Å². The molecule has 1 aliphatic rings. The van der Waals surface area contributed by atoms with Crippen LogP contribution in [0.2, 0.25) is 0 Å². The summed E-state index contributed by atoms with van der Waals surface area (Å²) in [4.78, 5) is 12.8. The van der Waals surface area contributed by atoms with Crippen molar-refractivity contribution in [2.45, 2.75) is 25.4 Å². The SMILES string of the molecule is CN(Cc1ccc(NN)c([N+](=O)[O-])c1)C1CCOCC1. The van der Waals surface area contributed by atoms with E-state index in [1.165, 1.54) is 0 Å². The van der Waals surface area contributed by atoms with Gasteiger partial charge in [-0.1, -0.05) is 6.07 Å². The summed E-state index contributed by atoms with van der Waals surface area (Å²) in [6, 6.07) is 5.55. The molecule has 0 spiro atoms. The van der Waals surface area contributed by atoms with Crippen LogP contribution in [0.3, 0.4) is 0 Å². The molecule has 20 heavy (non-hydrogen) atoms. The Kier molecular flexibility index (Phi) is 4.89. The van der Waals surface area contributed by atoms with Gasteiger partial charge in [-0.05, 0) is 31.5 Å². The Balaban J connectivity index is 2.08. The summed E-state index contributed by atoms with van der Waals surface area (Å²) in [7, 11) is 2.04. The maximum Gasteiger partial charge on any atom is 0.293 e. The number of anilines is 1. The van der Waals surface area contributed by atoms with Gasteiger partial charge in [0.05, 0.1) is 4.92 Å². The fourth-order valence-electron chi connectivity index (χ4n) is 2.49. The number of nitrogen functional groups attached to an aromatic ring is 1. The third-order valence-electron chi connectivity index (χ3n) is 3.66. The van der Waals surface area contributed by atoms with Gasteiger partial charge in [0.1, 0.15) is 5.69 Å². The molecule has 0 atom stereocenters. The highest BCUT2D eigenvalue weighted by molar-refractivity contribution is 5.61. The molecule has 1 fully saturated rings. The highest BCUT2D eigenvalue weighted by Crippen LogP contribution is 2.26. The molecule has 1 saturated heterocycles. The number of ether oxygens (including phenoxy) is 1. The summed E-state index contributed by atoms with van der Waals surface area (Å²) >= 11 is 0. The molecule has 0 bridgehead atoms. The first-order valence-electron chi connectivity index (χ1n) is 6.63. The van der Waals surface area contributed by atoms with Crippen LogP contribution in [-0.2, 0) is 11.3 Å². The van der Waals surface area contributed by atoms with Crippen LogP contribution in [0.15, 0.2) is 18.2 Å². The van der Waals surface area contributed by atoms with Gasteiger partial charge in [0.25, 0.3) is 5.69 Å². The lowest BCUT2D eigenvalue weighted by molar-refractivity contribution is -0.384. The number of rotatable bonds is 5. The van der Waals surface area contributed by atoms with Gasteiger partial charge in [-0.3, -0.25) is 20.9 Å². The zero-order valence-electron chi connectivity index (χ0n) is 11.5. The lowest BCUT2D eigenvalue weighted by atomic mass is 10.1. The number of nitro benzene ring substituents is 1. The number of hydrogen-bond donors (Lipinski definition) is 2. The average molecular weight is 280 g/mol. The van der Waals surface area contributed by atoms with E-state index in [0.29, 0.717) is 18.3 Å². The Morgan fingerprint density at radius 2 is 2.20 bits per heavy atom. The number of nitrogens with two attached hydrogens (primary N) is 1. The minimum Gasteiger partial charge on any atom is -0.381 e. The van der Waals surface area contributed by atoms with Crippen molar-refractivity contribution in [3.8, 4) is 0 Å². The van der Waals surface area contributed by atoms with Gasteiger partial charge < -0.3 is 10.2 Å². The molecule has 0 aromatic heterocycles. The topological polar surface area (TPSA) is 93.7 Å². The number of benzene rings is 1. The fraction of sp³-hybridized carbons (Fsp3) is 0.538. The van der Waals surface area contributed by atoms with Crippen molar-refractivity contribution in [2.24, 2.45) is 5.84 Å². The van der Waals surface area contributed by atoms with Crippen molar-refractivity contribution in [3.05, 3.63) is 33.9 Å². The molecule has 1 aromatic carbocycles. The lowest BCUT2D eigenvalue weighted by Crippen LogP contribution is -2.36. The van der Waals surface area contributed by atoms with Crippen LogP contribution in [0, 0.1) is 10.1 Å². The van der Waals surface area contributed by atoms with E-state index in [2.05, 4.69) is 10.3 Å². The van der Waals surface area contributed by atoms with Crippen LogP contribution in [-0.4, -0.2) is 36.1 Å². The van der Waals surface area contributed by atoms with E-state index in [1.54, 1.807) is 12.1 Å². The molecule has 0 amide bonds. The number of nitrogens with zero attached hydrogens (tertiary/aromatic N) is 2. The fourth-order valence-corrected chi connectivity index (χ4v) is 2.49. The first-order valence-corrected chi connectivity index (χ1v) is 6.63. The summed E-state index contributed by atoms with van der Waals surface area (Å²) in [5.74, 6) is 5.28. The minimum atomic E-state index is -0.423. The second-order valence-corrected chi connectivity index (χ2v) is 5.01. The summed E-state index contributed by atoms with van der Waals surface area (Å²) < 4.78 is 5.34. The first-order chi connectivity index (χ1) is 9.61. The summed E-state index contributed by atoms with van der Waals surface area (Å²) in [6.45, 7) is 2.24. The third-order valence-corrected chi connectivity index (χ3v) is 3.66. The van der Waals surface area contributed by atoms with Crippen molar-refractivity contribution in [2.75, 3.05) is 25.7 Å². The Morgan fingerprint density at radius 1 is 1.50 bits per heavy atom. The van der Waals surface area contributed by atoms with Crippen LogP contribution in [0.25, 0.3) is 0 Å². The van der Waals surface area contributed by atoms with E-state index in [9.17, 15) is 10.1 Å². The van der Waals surface area contributed by atoms with Crippen molar-refractivity contribution < 1.29 is 9.66 Å². The Labute approximate surface area is 117 Å². The standard InChI is InChI=1S/C13H20N4O3/c1-16(11-4-6-20-7-5-11)9-10-2-3-12(15-14)13(8-10)17(18)19/h2-3,8,11,15H,4-7,9,14H2,1H3. The molecular weight excluding hydrogens is 260 g/mol. The van der Waals surface area contributed by atoms with Gasteiger partial charge in [-0.15, -0.1) is 0 Å². The lowest BCUT2D eigenvalue weighted by Gasteiger charge is -2.31. The molecule has 1 heterocycles. The van der Waals surface area contributed by atoms with Crippen molar-refractivity contribution in [1.29, 1.82) is 0 Å². The summed E-state index contributed by atoms with van der Waals surface area (Å²) in [5.41, 5.74) is 3.59. The predicted octanol–water partition coefficient (Wildman–Crippen LogP) is 1.49. The molecular formula is C13H20N4O3. The third kappa shape index (κ3) is 3.44. The zero-order valence-corrected chi connectivity index (χ0v) is 11.5. The quantitative estimate of drug-likeness (QED) is 0.482. The van der Waals surface area contributed by atoms with Crippen LogP contribution >= 0.6 is 0 Å². The predicted molar refractivity (Wildman–Crippen MR) is 76.2 cm³/mol. The largest absolute Gasteiger partial charge is 0.381 e. The van der Waals surface area contributed by atoms with E-state index in [-0.39, 0.29) is 5.69 Å². The van der Waals surface area contributed by atoms with E-state index < -0.39 is 4.92 Å². The van der Waals surface area contributed by atoms with Crippen molar-refractivity contribution in [1.82, 2.24) is 4.90 Å². The Hall–Kier alpha value is -1.70. The molecule has 0 saturated carbocycles. The van der Waals surface area contributed by atoms with Gasteiger partial charge >= 0.3 is 0 Å². The molecule has 0 aliphatic carbocycles. The van der Waals surface area contributed by atoms with E-state index in [0.717, 1.165) is 31.6 Å². The second-order valence-electron chi connectivity index (χ2n) is 5.01. The molecule has 7 heteroatoms. The minimum absolute atomic E-state index is 0.00498. The maximum atomic E-state index is 11.0. The molecule has 7 nitrogen and oxygen atoms in total. The van der Waals surface area contributed by atoms with Gasteiger partial charge in [0.15, 0.2) is 0 Å². The number of hydrazine groups is 1. The monoisotopic (exact) mass is 280 g/mol. The average Bonchev–Trinajstić information content (AvgIpc) is 2.48. The van der Waals surface area contributed by atoms with Crippen LogP contribution in [0.4, 0.5) is 11.4 Å². The highest BCUT2D eigenvalue weighted by atomic mass is 16.6. The highest BCUT2D eigenvalue weighted by Gasteiger charge is 2.20. The Bertz CT molecular complexity index is 475. The van der Waals surface area contributed by atoms with E-state index >= 15 is 0 Å². The van der Waals surface area contributed by atoms with Crippen LogP contribution in [0.5, 0.6) is 0 Å². The van der Waals surface area contributed by atoms with Gasteiger partial charge in [-0.2, -0.15) is 0 Å². The van der Waals surface area contributed by atoms with Crippen molar-refractivity contribution >= 4 is 11.4 Å².